The number of carboxylic acid groups (broad SMARTS) is 1. The molecule has 0 saturated carbocycles. The number of nitrogens with zero attached hydrogens (tertiary/aromatic N) is 2. The summed E-state index contributed by atoms with van der Waals surface area (Å²) in [6, 6.07) is 2.07. The zero-order valence-electron chi connectivity index (χ0n) is 11.8. The van der Waals surface area contributed by atoms with Gasteiger partial charge in [0.1, 0.15) is 0 Å². The molecule has 2 rings (SSSR count). The Morgan fingerprint density at radius 1 is 1.45 bits per heavy atom. The molecule has 1 fully saturated rings. The first-order valence-electron chi connectivity index (χ1n) is 7.11. The summed E-state index contributed by atoms with van der Waals surface area (Å²) in [7, 11) is 0. The van der Waals surface area contributed by atoms with Crippen LogP contribution in [0.2, 0.25) is 0 Å². The fraction of sp³-hybridized carbons (Fsp3) is 0.600. The van der Waals surface area contributed by atoms with Gasteiger partial charge in [0, 0.05) is 23.4 Å². The Labute approximate surface area is 128 Å². The van der Waals surface area contributed by atoms with Crippen LogP contribution in [0.5, 0.6) is 0 Å². The molecule has 20 heavy (non-hydrogen) atoms. The molecule has 1 aromatic rings. The number of aromatic nitrogens is 1. The molecular weight excluding hydrogens is 320 g/mol. The summed E-state index contributed by atoms with van der Waals surface area (Å²) in [5, 5.41) is 9.50. The molecule has 0 atom stereocenters. The third kappa shape index (κ3) is 3.58. The van der Waals surface area contributed by atoms with Gasteiger partial charge in [0.15, 0.2) is 0 Å². The lowest BCUT2D eigenvalue weighted by Crippen LogP contribution is -2.44. The highest BCUT2D eigenvalue weighted by Crippen LogP contribution is 2.36. The minimum absolute atomic E-state index is 0.499. The number of pyridine rings is 1. The number of likely N-dealkylation sites (tertiary alicyclic amines) is 1. The van der Waals surface area contributed by atoms with Crippen LogP contribution in [0, 0.1) is 5.41 Å². The third-order valence-electron chi connectivity index (χ3n) is 4.16. The van der Waals surface area contributed by atoms with Gasteiger partial charge in [-0.3, -0.25) is 14.7 Å². The van der Waals surface area contributed by atoms with Crippen molar-refractivity contribution in [2.75, 3.05) is 13.1 Å². The molecule has 0 radical (unpaired) electrons. The van der Waals surface area contributed by atoms with Gasteiger partial charge in [-0.05, 0) is 59.9 Å². The van der Waals surface area contributed by atoms with E-state index in [9.17, 15) is 9.90 Å². The van der Waals surface area contributed by atoms with Crippen molar-refractivity contribution < 1.29 is 9.90 Å². The lowest BCUT2D eigenvalue weighted by molar-refractivity contribution is -0.152. The van der Waals surface area contributed by atoms with E-state index in [2.05, 4.69) is 38.8 Å². The van der Waals surface area contributed by atoms with E-state index in [0.717, 1.165) is 55.4 Å². The van der Waals surface area contributed by atoms with Crippen LogP contribution in [0.15, 0.2) is 22.9 Å². The molecule has 2 heterocycles. The van der Waals surface area contributed by atoms with Gasteiger partial charge in [0.25, 0.3) is 0 Å². The van der Waals surface area contributed by atoms with Crippen LogP contribution in [0.25, 0.3) is 0 Å². The number of rotatable bonds is 5. The summed E-state index contributed by atoms with van der Waals surface area (Å²) in [6.45, 7) is 4.59. The van der Waals surface area contributed by atoms with Crippen molar-refractivity contribution in [2.24, 2.45) is 5.41 Å². The zero-order valence-corrected chi connectivity index (χ0v) is 13.4. The number of carboxylic acids is 1. The summed E-state index contributed by atoms with van der Waals surface area (Å²) in [6.07, 6.45) is 6.86. The van der Waals surface area contributed by atoms with E-state index >= 15 is 0 Å². The molecular formula is C15H21BrN2O2. The quantitative estimate of drug-likeness (QED) is 0.893. The number of halogens is 1. The van der Waals surface area contributed by atoms with Gasteiger partial charge < -0.3 is 5.11 Å². The van der Waals surface area contributed by atoms with Crippen LogP contribution in [-0.4, -0.2) is 34.0 Å². The van der Waals surface area contributed by atoms with Crippen LogP contribution < -0.4 is 0 Å². The van der Waals surface area contributed by atoms with Gasteiger partial charge in [-0.25, -0.2) is 0 Å². The molecule has 0 amide bonds. The second kappa shape index (κ2) is 6.68. The standard InChI is InChI=1S/C15H21BrN2O2/c1-2-3-15(14(19)20)4-6-18(7-5-15)11-12-8-13(16)10-17-9-12/h8-10H,2-7,11H2,1H3,(H,19,20). The number of aliphatic carboxylic acids is 1. The Balaban J connectivity index is 1.95. The van der Waals surface area contributed by atoms with Crippen molar-refractivity contribution in [3.8, 4) is 0 Å². The fourth-order valence-corrected chi connectivity index (χ4v) is 3.40. The van der Waals surface area contributed by atoms with Crippen LogP contribution in [0.4, 0.5) is 0 Å². The first-order valence-corrected chi connectivity index (χ1v) is 7.90. The number of carbonyl (C=O) groups is 1. The van der Waals surface area contributed by atoms with Gasteiger partial charge in [-0.2, -0.15) is 0 Å². The van der Waals surface area contributed by atoms with Gasteiger partial charge in [0.05, 0.1) is 5.41 Å². The molecule has 5 heteroatoms. The summed E-state index contributed by atoms with van der Waals surface area (Å²) < 4.78 is 0.984. The normalized spacial score (nSPS) is 18.9. The smallest absolute Gasteiger partial charge is 0.309 e. The Kier molecular flexibility index (Phi) is 5.16. The minimum atomic E-state index is -0.622. The molecule has 0 spiro atoms. The van der Waals surface area contributed by atoms with E-state index in [-0.39, 0.29) is 0 Å². The van der Waals surface area contributed by atoms with Crippen molar-refractivity contribution in [2.45, 2.75) is 39.2 Å². The molecule has 0 aliphatic carbocycles. The lowest BCUT2D eigenvalue weighted by atomic mass is 9.75. The number of hydrogen-bond donors (Lipinski definition) is 1. The second-order valence-electron chi connectivity index (χ2n) is 5.62. The maximum Gasteiger partial charge on any atom is 0.309 e. The van der Waals surface area contributed by atoms with E-state index < -0.39 is 11.4 Å². The number of hydrogen-bond acceptors (Lipinski definition) is 3. The largest absolute Gasteiger partial charge is 0.481 e. The monoisotopic (exact) mass is 340 g/mol. The van der Waals surface area contributed by atoms with E-state index in [1.54, 1.807) is 6.20 Å². The van der Waals surface area contributed by atoms with E-state index in [4.69, 9.17) is 0 Å². The van der Waals surface area contributed by atoms with E-state index in [1.807, 2.05) is 6.20 Å². The topological polar surface area (TPSA) is 53.4 Å². The maximum absolute atomic E-state index is 11.5. The van der Waals surface area contributed by atoms with Crippen molar-refractivity contribution >= 4 is 21.9 Å². The van der Waals surface area contributed by atoms with E-state index in [1.165, 1.54) is 0 Å². The number of piperidine rings is 1. The predicted octanol–water partition coefficient (Wildman–Crippen LogP) is 3.31. The van der Waals surface area contributed by atoms with Crippen molar-refractivity contribution in [3.63, 3.8) is 0 Å². The van der Waals surface area contributed by atoms with Gasteiger partial charge in [-0.15, -0.1) is 0 Å². The fourth-order valence-electron chi connectivity index (χ4n) is 2.99. The highest BCUT2D eigenvalue weighted by atomic mass is 79.9. The molecule has 0 aromatic carbocycles. The van der Waals surface area contributed by atoms with Crippen molar-refractivity contribution in [3.05, 3.63) is 28.5 Å². The second-order valence-corrected chi connectivity index (χ2v) is 6.54. The minimum Gasteiger partial charge on any atom is -0.481 e. The Bertz CT molecular complexity index is 471. The Morgan fingerprint density at radius 3 is 2.70 bits per heavy atom. The molecule has 110 valence electrons. The molecule has 1 saturated heterocycles. The van der Waals surface area contributed by atoms with Crippen LogP contribution in [0.3, 0.4) is 0 Å². The highest BCUT2D eigenvalue weighted by molar-refractivity contribution is 9.10. The maximum atomic E-state index is 11.5. The van der Waals surface area contributed by atoms with Crippen LogP contribution in [-0.2, 0) is 11.3 Å². The summed E-state index contributed by atoms with van der Waals surface area (Å²) in [5.41, 5.74) is 0.665. The van der Waals surface area contributed by atoms with E-state index in [0.29, 0.717) is 0 Å². The molecule has 4 nitrogen and oxygen atoms in total. The highest BCUT2D eigenvalue weighted by Gasteiger charge is 2.40. The lowest BCUT2D eigenvalue weighted by Gasteiger charge is -2.38. The Morgan fingerprint density at radius 2 is 2.15 bits per heavy atom. The molecule has 1 aliphatic heterocycles. The van der Waals surface area contributed by atoms with Crippen LogP contribution in [0.1, 0.15) is 38.2 Å². The van der Waals surface area contributed by atoms with Crippen molar-refractivity contribution in [1.29, 1.82) is 0 Å². The average Bonchev–Trinajstić information content (AvgIpc) is 2.41. The molecule has 0 unspecified atom stereocenters. The molecule has 0 bridgehead atoms. The summed E-state index contributed by atoms with van der Waals surface area (Å²) >= 11 is 3.43. The average molecular weight is 341 g/mol. The third-order valence-corrected chi connectivity index (χ3v) is 4.60. The van der Waals surface area contributed by atoms with Gasteiger partial charge >= 0.3 is 5.97 Å². The van der Waals surface area contributed by atoms with Gasteiger partial charge in [-0.1, -0.05) is 13.3 Å². The summed E-state index contributed by atoms with van der Waals surface area (Å²) in [5.74, 6) is -0.622. The molecule has 1 aliphatic rings. The predicted molar refractivity (Wildman–Crippen MR) is 81.4 cm³/mol. The first-order chi connectivity index (χ1) is 9.55. The van der Waals surface area contributed by atoms with Crippen LogP contribution >= 0.6 is 15.9 Å². The molecule has 1 N–H and O–H groups in total. The molecule has 1 aromatic heterocycles. The first kappa shape index (κ1) is 15.4. The van der Waals surface area contributed by atoms with Gasteiger partial charge in [0.2, 0.25) is 0 Å². The SMILES string of the molecule is CCCC1(C(=O)O)CCN(Cc2cncc(Br)c2)CC1. The summed E-state index contributed by atoms with van der Waals surface area (Å²) in [4.78, 5) is 18.0. The van der Waals surface area contributed by atoms with Crippen molar-refractivity contribution in [1.82, 2.24) is 9.88 Å². The zero-order chi connectivity index (χ0) is 14.6. The Hall–Kier alpha value is -0.940.